The van der Waals surface area contributed by atoms with Gasteiger partial charge in [-0.3, -0.25) is 0 Å². The van der Waals surface area contributed by atoms with Crippen molar-refractivity contribution in [2.75, 3.05) is 0 Å². The molecular formula is C13H17Cl2N3O. The number of nitrogens with two attached hydrogens (primary N) is 1. The molecular weight excluding hydrogens is 285 g/mol. The van der Waals surface area contributed by atoms with E-state index in [-0.39, 0.29) is 23.9 Å². The van der Waals surface area contributed by atoms with Crippen molar-refractivity contribution in [3.63, 3.8) is 0 Å². The number of hydrogen-bond acceptors (Lipinski definition) is 4. The zero-order chi connectivity index (χ0) is 13.3. The maximum absolute atomic E-state index is 6.07. The first-order valence-electron chi connectivity index (χ1n) is 5.73. The third kappa shape index (κ3) is 3.69. The van der Waals surface area contributed by atoms with Crippen LogP contribution in [0.2, 0.25) is 5.02 Å². The second kappa shape index (κ2) is 5.90. The highest BCUT2D eigenvalue weighted by Gasteiger charge is 2.27. The van der Waals surface area contributed by atoms with Crippen LogP contribution in [0.3, 0.4) is 0 Å². The lowest BCUT2D eigenvalue weighted by Gasteiger charge is -2.23. The van der Waals surface area contributed by atoms with Crippen LogP contribution in [0.15, 0.2) is 28.8 Å². The standard InChI is InChI=1S/C13H16ClN3O.ClH/c1-13(2,3)10(15)12-16-11(17-18-12)8-5-4-6-9(14)7-8;/h4-7,10H,15H2,1-3H3;1H/t10-;/m1./s1. The Balaban J connectivity index is 0.00000180. The van der Waals surface area contributed by atoms with Crippen LogP contribution in [-0.2, 0) is 0 Å². The molecule has 0 saturated heterocycles. The van der Waals surface area contributed by atoms with Crippen LogP contribution in [0.25, 0.3) is 11.4 Å². The molecule has 0 aliphatic carbocycles. The van der Waals surface area contributed by atoms with Crippen molar-refractivity contribution in [3.8, 4) is 11.4 Å². The largest absolute Gasteiger partial charge is 0.337 e. The van der Waals surface area contributed by atoms with Gasteiger partial charge in [-0.2, -0.15) is 4.98 Å². The number of hydrogen-bond donors (Lipinski definition) is 1. The minimum absolute atomic E-state index is 0. The van der Waals surface area contributed by atoms with Gasteiger partial charge in [0.2, 0.25) is 11.7 Å². The molecule has 6 heteroatoms. The average Bonchev–Trinajstić information content (AvgIpc) is 2.75. The first-order valence-corrected chi connectivity index (χ1v) is 6.11. The van der Waals surface area contributed by atoms with E-state index < -0.39 is 0 Å². The van der Waals surface area contributed by atoms with Crippen LogP contribution in [0, 0.1) is 5.41 Å². The first kappa shape index (κ1) is 16.0. The second-order valence-electron chi connectivity index (χ2n) is 5.31. The van der Waals surface area contributed by atoms with E-state index in [1.807, 2.05) is 32.9 Å². The highest BCUT2D eigenvalue weighted by atomic mass is 35.5. The first-order chi connectivity index (χ1) is 8.38. The predicted molar refractivity (Wildman–Crippen MR) is 78.4 cm³/mol. The molecule has 1 atom stereocenters. The molecule has 104 valence electrons. The SMILES string of the molecule is CC(C)(C)[C@H](N)c1nc(-c2cccc(Cl)c2)no1.Cl. The van der Waals surface area contributed by atoms with Gasteiger partial charge in [0.05, 0.1) is 6.04 Å². The molecule has 1 aromatic carbocycles. The van der Waals surface area contributed by atoms with Crippen LogP contribution >= 0.6 is 24.0 Å². The van der Waals surface area contributed by atoms with Gasteiger partial charge in [-0.15, -0.1) is 12.4 Å². The number of halogens is 2. The zero-order valence-corrected chi connectivity index (χ0v) is 12.6. The lowest BCUT2D eigenvalue weighted by atomic mass is 9.87. The molecule has 2 aromatic rings. The van der Waals surface area contributed by atoms with E-state index in [2.05, 4.69) is 10.1 Å². The van der Waals surface area contributed by atoms with Gasteiger partial charge in [0.15, 0.2) is 0 Å². The molecule has 4 nitrogen and oxygen atoms in total. The van der Waals surface area contributed by atoms with Crippen molar-refractivity contribution >= 4 is 24.0 Å². The van der Waals surface area contributed by atoms with Crippen molar-refractivity contribution in [1.29, 1.82) is 0 Å². The summed E-state index contributed by atoms with van der Waals surface area (Å²) in [7, 11) is 0. The number of nitrogens with zero attached hydrogens (tertiary/aromatic N) is 2. The number of benzene rings is 1. The topological polar surface area (TPSA) is 64.9 Å². The van der Waals surface area contributed by atoms with Gasteiger partial charge in [0, 0.05) is 10.6 Å². The Morgan fingerprint density at radius 1 is 1.32 bits per heavy atom. The van der Waals surface area contributed by atoms with Crippen LogP contribution in [-0.4, -0.2) is 10.1 Å². The van der Waals surface area contributed by atoms with Gasteiger partial charge in [0.25, 0.3) is 0 Å². The Morgan fingerprint density at radius 2 is 2.00 bits per heavy atom. The number of rotatable bonds is 2. The molecule has 1 aromatic heterocycles. The summed E-state index contributed by atoms with van der Waals surface area (Å²) in [4.78, 5) is 4.33. The molecule has 0 spiro atoms. The summed E-state index contributed by atoms with van der Waals surface area (Å²) in [6, 6.07) is 7.02. The van der Waals surface area contributed by atoms with Crippen molar-refractivity contribution < 1.29 is 4.52 Å². The van der Waals surface area contributed by atoms with E-state index in [4.69, 9.17) is 21.9 Å². The van der Waals surface area contributed by atoms with E-state index in [1.54, 1.807) is 12.1 Å². The quantitative estimate of drug-likeness (QED) is 0.915. The molecule has 0 radical (unpaired) electrons. The average molecular weight is 302 g/mol. The maximum Gasteiger partial charge on any atom is 0.244 e. The van der Waals surface area contributed by atoms with Gasteiger partial charge in [-0.05, 0) is 17.5 Å². The van der Waals surface area contributed by atoms with Crippen LogP contribution in [0.1, 0.15) is 32.7 Å². The summed E-state index contributed by atoms with van der Waals surface area (Å²) in [5.41, 5.74) is 6.76. The van der Waals surface area contributed by atoms with Gasteiger partial charge >= 0.3 is 0 Å². The molecule has 0 fully saturated rings. The van der Waals surface area contributed by atoms with Gasteiger partial charge in [-0.25, -0.2) is 0 Å². The van der Waals surface area contributed by atoms with Crippen LogP contribution in [0.5, 0.6) is 0 Å². The smallest absolute Gasteiger partial charge is 0.244 e. The highest BCUT2D eigenvalue weighted by molar-refractivity contribution is 6.30. The van der Waals surface area contributed by atoms with E-state index in [9.17, 15) is 0 Å². The Kier molecular flexibility index (Phi) is 4.96. The fraction of sp³-hybridized carbons (Fsp3) is 0.385. The molecule has 0 aliphatic heterocycles. The molecule has 0 aliphatic rings. The summed E-state index contributed by atoms with van der Waals surface area (Å²) < 4.78 is 5.22. The van der Waals surface area contributed by atoms with Crippen molar-refractivity contribution in [1.82, 2.24) is 10.1 Å². The van der Waals surface area contributed by atoms with Crippen LogP contribution < -0.4 is 5.73 Å². The van der Waals surface area contributed by atoms with Gasteiger partial charge in [0.1, 0.15) is 0 Å². The molecule has 0 amide bonds. The summed E-state index contributed by atoms with van der Waals surface area (Å²) in [5.74, 6) is 0.949. The third-order valence-corrected chi connectivity index (χ3v) is 2.96. The summed E-state index contributed by atoms with van der Waals surface area (Å²) in [5, 5.41) is 4.58. The molecule has 0 saturated carbocycles. The summed E-state index contributed by atoms with van der Waals surface area (Å²) in [6.07, 6.45) is 0. The van der Waals surface area contributed by atoms with E-state index >= 15 is 0 Å². The molecule has 0 unspecified atom stereocenters. The molecule has 1 heterocycles. The van der Waals surface area contributed by atoms with Crippen molar-refractivity contribution in [2.45, 2.75) is 26.8 Å². The van der Waals surface area contributed by atoms with Crippen molar-refractivity contribution in [3.05, 3.63) is 35.2 Å². The third-order valence-electron chi connectivity index (χ3n) is 2.72. The van der Waals surface area contributed by atoms with Crippen molar-refractivity contribution in [2.24, 2.45) is 11.1 Å². The van der Waals surface area contributed by atoms with E-state index in [1.165, 1.54) is 0 Å². The minimum Gasteiger partial charge on any atom is -0.337 e. The number of aromatic nitrogens is 2. The fourth-order valence-corrected chi connectivity index (χ4v) is 1.67. The molecule has 19 heavy (non-hydrogen) atoms. The predicted octanol–water partition coefficient (Wildman–Crippen LogP) is 3.86. The fourth-order valence-electron chi connectivity index (χ4n) is 1.48. The Morgan fingerprint density at radius 3 is 2.58 bits per heavy atom. The van der Waals surface area contributed by atoms with E-state index in [0.717, 1.165) is 5.56 Å². The van der Waals surface area contributed by atoms with Crippen LogP contribution in [0.4, 0.5) is 0 Å². The minimum atomic E-state index is -0.294. The summed E-state index contributed by atoms with van der Waals surface area (Å²) >= 11 is 5.93. The maximum atomic E-state index is 6.07. The Bertz CT molecular complexity index is 549. The Hall–Kier alpha value is -1.10. The molecule has 2 N–H and O–H groups in total. The Labute approximate surface area is 123 Å². The second-order valence-corrected chi connectivity index (χ2v) is 5.75. The lowest BCUT2D eigenvalue weighted by Crippen LogP contribution is -2.26. The normalized spacial score (nSPS) is 12.9. The molecule has 2 rings (SSSR count). The lowest BCUT2D eigenvalue weighted by molar-refractivity contribution is 0.253. The highest BCUT2D eigenvalue weighted by Crippen LogP contribution is 2.30. The summed E-state index contributed by atoms with van der Waals surface area (Å²) in [6.45, 7) is 6.09. The van der Waals surface area contributed by atoms with Gasteiger partial charge < -0.3 is 10.3 Å². The monoisotopic (exact) mass is 301 g/mol. The molecule has 0 bridgehead atoms. The van der Waals surface area contributed by atoms with Gasteiger partial charge in [-0.1, -0.05) is 49.7 Å². The van der Waals surface area contributed by atoms with E-state index in [0.29, 0.717) is 16.7 Å². The zero-order valence-electron chi connectivity index (χ0n) is 11.1.